The Bertz CT molecular complexity index is 913. The third-order valence-electron chi connectivity index (χ3n) is 4.11. The number of fused-ring (bicyclic) bond motifs is 1. The summed E-state index contributed by atoms with van der Waals surface area (Å²) in [6.07, 6.45) is 2.56. The maximum Gasteiger partial charge on any atom is 0.206 e. The summed E-state index contributed by atoms with van der Waals surface area (Å²) in [7, 11) is 2.56. The van der Waals surface area contributed by atoms with Gasteiger partial charge in [0.2, 0.25) is 6.41 Å². The number of carbonyl (C=O) groups excluding carboxylic acids is 3. The van der Waals surface area contributed by atoms with Crippen LogP contribution in [0.4, 0.5) is 0 Å². The van der Waals surface area contributed by atoms with Gasteiger partial charge in [-0.3, -0.25) is 14.4 Å². The van der Waals surface area contributed by atoms with Crippen LogP contribution in [-0.4, -0.2) is 42.2 Å². The molecule has 0 atom stereocenters. The number of aromatic nitrogens is 1. The van der Waals surface area contributed by atoms with Crippen LogP contribution in [0.25, 0.3) is 22.0 Å². The molecule has 0 saturated carbocycles. The smallest absolute Gasteiger partial charge is 0.206 e. The van der Waals surface area contributed by atoms with Crippen molar-refractivity contribution in [2.45, 2.75) is 41.5 Å². The Morgan fingerprint density at radius 1 is 0.938 bits per heavy atom. The second-order valence-electron chi connectivity index (χ2n) is 6.59. The van der Waals surface area contributed by atoms with Crippen molar-refractivity contribution in [1.29, 1.82) is 0 Å². The number of aliphatic hydroxyl groups is 1. The Morgan fingerprint density at radius 3 is 1.81 bits per heavy atom. The van der Waals surface area contributed by atoms with Crippen LogP contribution in [0.1, 0.15) is 51.9 Å². The first-order valence-electron chi connectivity index (χ1n) is 10.5. The Labute approximate surface area is 192 Å². The van der Waals surface area contributed by atoms with Crippen LogP contribution < -0.4 is 5.32 Å². The van der Waals surface area contributed by atoms with Crippen molar-refractivity contribution < 1.29 is 19.5 Å². The summed E-state index contributed by atoms with van der Waals surface area (Å²) >= 11 is 0. The van der Waals surface area contributed by atoms with Crippen LogP contribution in [0.2, 0.25) is 0 Å². The minimum Gasteiger partial charge on any atom is -0.400 e. The van der Waals surface area contributed by atoms with Crippen LogP contribution >= 0.6 is 0 Å². The summed E-state index contributed by atoms with van der Waals surface area (Å²) in [6, 6.07) is 16.1. The summed E-state index contributed by atoms with van der Waals surface area (Å²) < 4.78 is 0. The number of H-pyrrole nitrogens is 1. The minimum atomic E-state index is 0.0997. The van der Waals surface area contributed by atoms with E-state index in [1.54, 1.807) is 20.9 Å². The van der Waals surface area contributed by atoms with Gasteiger partial charge in [-0.05, 0) is 48.6 Å². The fourth-order valence-electron chi connectivity index (χ4n) is 2.13. The van der Waals surface area contributed by atoms with Gasteiger partial charge in [-0.15, -0.1) is 0 Å². The number of amides is 1. The number of ketones is 2. The van der Waals surface area contributed by atoms with E-state index in [2.05, 4.69) is 34.6 Å². The molecule has 0 radical (unpaired) electrons. The van der Waals surface area contributed by atoms with Gasteiger partial charge in [-0.25, -0.2) is 0 Å². The molecule has 3 rings (SSSR count). The quantitative estimate of drug-likeness (QED) is 0.379. The molecular formula is C26H38N2O4. The molecule has 0 aliphatic carbocycles. The Kier molecular flexibility index (Phi) is 17.9. The van der Waals surface area contributed by atoms with Crippen molar-refractivity contribution in [2.75, 3.05) is 14.2 Å². The number of carbonyl (C=O) groups is 3. The summed E-state index contributed by atoms with van der Waals surface area (Å²) in [5.74, 6) is 0.572. The van der Waals surface area contributed by atoms with Gasteiger partial charge in [0.1, 0.15) is 5.78 Å². The van der Waals surface area contributed by atoms with Crippen molar-refractivity contribution >= 4 is 28.9 Å². The maximum absolute atomic E-state index is 11.2. The molecule has 3 aromatic rings. The molecule has 0 spiro atoms. The van der Waals surface area contributed by atoms with E-state index in [1.807, 2.05) is 58.2 Å². The normalized spacial score (nSPS) is 8.81. The lowest BCUT2D eigenvalue weighted by Gasteiger charge is -2.03. The number of aliphatic hydroxyl groups excluding tert-OH is 1. The third kappa shape index (κ3) is 11.8. The topological polar surface area (TPSA) is 99.3 Å². The molecule has 1 heterocycles. The number of rotatable bonds is 4. The Balaban J connectivity index is 0. The molecular weight excluding hydrogens is 404 g/mol. The molecule has 32 heavy (non-hydrogen) atoms. The average molecular weight is 443 g/mol. The SMILES string of the molecule is CC.CC(=O)C(C)C.CC(=O)c1ccc(-c2ccc3[nH]ccc3c2)cc1.CNC=O.CO. The largest absolute Gasteiger partial charge is 0.400 e. The van der Waals surface area contributed by atoms with E-state index >= 15 is 0 Å². The molecule has 0 fully saturated rings. The molecule has 1 aromatic heterocycles. The lowest BCUT2D eigenvalue weighted by molar-refractivity contribution is -0.119. The van der Waals surface area contributed by atoms with E-state index in [0.717, 1.165) is 29.3 Å². The van der Waals surface area contributed by atoms with Crippen LogP contribution in [0.5, 0.6) is 0 Å². The van der Waals surface area contributed by atoms with E-state index in [0.29, 0.717) is 6.41 Å². The lowest BCUT2D eigenvalue weighted by Crippen LogP contribution is -1.98. The first-order chi connectivity index (χ1) is 15.3. The summed E-state index contributed by atoms with van der Waals surface area (Å²) in [5, 5.41) is 10.4. The highest BCUT2D eigenvalue weighted by Crippen LogP contribution is 2.24. The summed E-state index contributed by atoms with van der Waals surface area (Å²) in [5.41, 5.74) is 4.18. The predicted molar refractivity (Wildman–Crippen MR) is 134 cm³/mol. The van der Waals surface area contributed by atoms with Gasteiger partial charge in [0.05, 0.1) is 0 Å². The zero-order valence-electron chi connectivity index (χ0n) is 20.5. The number of Topliss-reactive ketones (excluding diaryl/α,β-unsaturated/α-hetero) is 2. The van der Waals surface area contributed by atoms with Crippen molar-refractivity contribution in [3.05, 3.63) is 60.3 Å². The van der Waals surface area contributed by atoms with Crippen LogP contribution in [0.15, 0.2) is 54.7 Å². The van der Waals surface area contributed by atoms with Crippen LogP contribution in [-0.2, 0) is 9.59 Å². The molecule has 6 nitrogen and oxygen atoms in total. The van der Waals surface area contributed by atoms with E-state index in [9.17, 15) is 9.59 Å². The summed E-state index contributed by atoms with van der Waals surface area (Å²) in [4.78, 5) is 33.6. The maximum atomic E-state index is 11.2. The molecule has 0 aliphatic heterocycles. The number of benzene rings is 2. The average Bonchev–Trinajstić information content (AvgIpc) is 3.30. The standard InChI is InChI=1S/C16H13NO.C5H10O.C2H5NO.C2H6.CH4O/c1-11(18)12-2-4-13(5-3-12)14-6-7-16-15(10-14)8-9-17-16;1-4(2)5(3)6;1-3-2-4;2*1-2/h2-10,17H,1H3;4H,1-3H3;2H,1H3,(H,3,4);1-2H3;2H,1H3. The van der Waals surface area contributed by atoms with Gasteiger partial charge in [-0.2, -0.15) is 0 Å². The Morgan fingerprint density at radius 2 is 1.41 bits per heavy atom. The molecule has 0 unspecified atom stereocenters. The first kappa shape index (κ1) is 30.9. The van der Waals surface area contributed by atoms with Gasteiger partial charge in [-0.1, -0.05) is 58.0 Å². The van der Waals surface area contributed by atoms with Gasteiger partial charge in [0.15, 0.2) is 5.78 Å². The van der Waals surface area contributed by atoms with Gasteiger partial charge >= 0.3 is 0 Å². The fourth-order valence-corrected chi connectivity index (χ4v) is 2.13. The monoisotopic (exact) mass is 442 g/mol. The highest BCUT2D eigenvalue weighted by Gasteiger charge is 2.02. The van der Waals surface area contributed by atoms with E-state index in [1.165, 1.54) is 5.39 Å². The molecule has 0 aliphatic rings. The number of hydrogen-bond acceptors (Lipinski definition) is 4. The molecule has 0 saturated heterocycles. The number of hydrogen-bond donors (Lipinski definition) is 3. The van der Waals surface area contributed by atoms with E-state index in [4.69, 9.17) is 9.90 Å². The molecule has 0 bridgehead atoms. The van der Waals surface area contributed by atoms with Gasteiger partial charge in [0.25, 0.3) is 0 Å². The molecule has 6 heteroatoms. The zero-order valence-corrected chi connectivity index (χ0v) is 20.5. The number of aromatic amines is 1. The van der Waals surface area contributed by atoms with Gasteiger partial charge in [0, 0.05) is 37.4 Å². The summed E-state index contributed by atoms with van der Waals surface area (Å²) in [6.45, 7) is 11.0. The molecule has 176 valence electrons. The third-order valence-corrected chi connectivity index (χ3v) is 4.11. The highest BCUT2D eigenvalue weighted by molar-refractivity contribution is 5.94. The molecule has 3 N–H and O–H groups in total. The van der Waals surface area contributed by atoms with E-state index in [-0.39, 0.29) is 17.5 Å². The van der Waals surface area contributed by atoms with Crippen LogP contribution in [0.3, 0.4) is 0 Å². The molecule has 1 amide bonds. The van der Waals surface area contributed by atoms with Crippen LogP contribution in [0, 0.1) is 5.92 Å². The first-order valence-corrected chi connectivity index (χ1v) is 10.5. The zero-order chi connectivity index (χ0) is 25.1. The second kappa shape index (κ2) is 18.5. The van der Waals surface area contributed by atoms with Crippen molar-refractivity contribution in [3.63, 3.8) is 0 Å². The van der Waals surface area contributed by atoms with E-state index < -0.39 is 0 Å². The lowest BCUT2D eigenvalue weighted by atomic mass is 10.0. The second-order valence-corrected chi connectivity index (χ2v) is 6.59. The minimum absolute atomic E-state index is 0.0997. The van der Waals surface area contributed by atoms with Crippen molar-refractivity contribution in [2.24, 2.45) is 5.92 Å². The molecule has 2 aromatic carbocycles. The van der Waals surface area contributed by atoms with Gasteiger partial charge < -0.3 is 15.4 Å². The predicted octanol–water partition coefficient (Wildman–Crippen LogP) is 5.27. The van der Waals surface area contributed by atoms with Crippen molar-refractivity contribution in [3.8, 4) is 11.1 Å². The number of nitrogens with one attached hydrogen (secondary N) is 2. The van der Waals surface area contributed by atoms with Crippen molar-refractivity contribution in [1.82, 2.24) is 10.3 Å². The Hall–Kier alpha value is -3.25. The fraction of sp³-hybridized carbons (Fsp3) is 0.346. The highest BCUT2D eigenvalue weighted by atomic mass is 16.2.